The maximum Gasteiger partial charge on any atom is 0.301 e. The summed E-state index contributed by atoms with van der Waals surface area (Å²) in [6, 6.07) is 15.7. The first kappa shape index (κ1) is 43.3. The maximum atomic E-state index is 12.6. The van der Waals surface area contributed by atoms with Crippen LogP contribution >= 0.6 is 11.6 Å². The first-order chi connectivity index (χ1) is 27.5. The van der Waals surface area contributed by atoms with Crippen molar-refractivity contribution in [3.63, 3.8) is 0 Å². The molecule has 0 aliphatic rings. The Kier molecular flexibility index (Phi) is 12.0. The van der Waals surface area contributed by atoms with Gasteiger partial charge in [-0.1, -0.05) is 30.3 Å². The summed E-state index contributed by atoms with van der Waals surface area (Å²) >= 11 is 3.47. The predicted molar refractivity (Wildman–Crippen MR) is 210 cm³/mol. The highest BCUT2D eigenvalue weighted by Crippen LogP contribution is 2.46. The van der Waals surface area contributed by atoms with Gasteiger partial charge in [0.25, 0.3) is 30.4 Å². The Hall–Kier alpha value is -5.33. The second-order valence-corrected chi connectivity index (χ2v) is 19.1. The summed E-state index contributed by atoms with van der Waals surface area (Å²) in [5.41, 5.74) is -1.76. The molecule has 1 unspecified atom stereocenters. The van der Waals surface area contributed by atoms with E-state index >= 15 is 0 Å². The van der Waals surface area contributed by atoms with Crippen LogP contribution in [-0.4, -0.2) is 88.5 Å². The molecule has 0 spiro atoms. The second-order valence-electron chi connectivity index (χ2n) is 11.8. The smallest absolute Gasteiger partial charge is 0.301 e. The van der Waals surface area contributed by atoms with Gasteiger partial charge in [-0.2, -0.15) is 44.4 Å². The highest BCUT2D eigenvalue weighted by Gasteiger charge is 2.27. The van der Waals surface area contributed by atoms with Gasteiger partial charge in [-0.3, -0.25) is 22.4 Å². The van der Waals surface area contributed by atoms with E-state index in [1.54, 1.807) is 6.07 Å². The number of phenols is 1. The number of phenolic OH excluding ortho intramolecular Hbond substituents is 1. The third-order valence-corrected chi connectivity index (χ3v) is 12.8. The number of hydrogen-bond donors (Lipinski definition) is 7. The summed E-state index contributed by atoms with van der Waals surface area (Å²) in [5.74, 6) is -2.44. The van der Waals surface area contributed by atoms with E-state index in [9.17, 15) is 56.6 Å². The predicted octanol–water partition coefficient (Wildman–Crippen LogP) is 5.11. The quantitative estimate of drug-likeness (QED) is 0.0424. The van der Waals surface area contributed by atoms with E-state index in [1.165, 1.54) is 48.5 Å². The van der Waals surface area contributed by atoms with Crippen LogP contribution in [0.3, 0.4) is 0 Å². The van der Waals surface area contributed by atoms with Crippen LogP contribution in [0, 0.1) is 0 Å². The molecule has 0 aliphatic carbocycles. The molecule has 310 valence electrons. The first-order valence-corrected chi connectivity index (χ1v) is 23.1. The molecule has 0 bridgehead atoms. The van der Waals surface area contributed by atoms with Crippen LogP contribution in [0.2, 0.25) is 5.28 Å². The minimum absolute atomic E-state index is 0.00431. The van der Waals surface area contributed by atoms with Gasteiger partial charge in [0.05, 0.1) is 27.8 Å². The minimum Gasteiger partial charge on any atom is -0.505 e. The highest BCUT2D eigenvalue weighted by atomic mass is 35.5. The van der Waals surface area contributed by atoms with Crippen molar-refractivity contribution in [1.29, 1.82) is 0 Å². The standard InChI is InChI=1S/C31H24ClN7O15S5/c32-29-35-30(33-18-6-8-19(9-7-18)56(43,44)12-11-54-55(41)42)37-31(36-29)34-23-15-20(57(45,46)47)13-17-14-24(58(48,49)50)26(27(40)25(17)23)39-38-22-10-5-16-3-1-2-4-21(16)28(22)59(51,52)53/h1-10,13-15,40H,11-12H2,(H,41,42)(H,45,46,47)(H,48,49,50)(H,51,52,53)(H2,33,34,35,36,37). The van der Waals surface area contributed by atoms with Crippen molar-refractivity contribution in [3.05, 3.63) is 84.1 Å². The zero-order chi connectivity index (χ0) is 43.1. The largest absolute Gasteiger partial charge is 0.505 e. The second kappa shape index (κ2) is 16.4. The Labute approximate surface area is 340 Å². The fraction of sp³-hybridized carbons (Fsp3) is 0.0645. The average molecular weight is 930 g/mol. The molecule has 0 aliphatic heterocycles. The number of rotatable bonds is 14. The summed E-state index contributed by atoms with van der Waals surface area (Å²) in [7, 11) is -19.3. The van der Waals surface area contributed by atoms with Gasteiger partial charge in [-0.25, -0.2) is 8.42 Å². The summed E-state index contributed by atoms with van der Waals surface area (Å²) < 4.78 is 154. The molecule has 0 radical (unpaired) electrons. The van der Waals surface area contributed by atoms with Crippen LogP contribution in [-0.2, 0) is 55.7 Å². The summed E-state index contributed by atoms with van der Waals surface area (Å²) in [4.78, 5) is 9.05. The number of fused-ring (bicyclic) bond motifs is 2. The van der Waals surface area contributed by atoms with Crippen LogP contribution in [0.1, 0.15) is 0 Å². The number of anilines is 4. The normalized spacial score (nSPS) is 13.2. The van der Waals surface area contributed by atoms with Crippen molar-refractivity contribution >= 4 is 119 Å². The molecule has 1 atom stereocenters. The Bertz CT molecular complexity index is 3190. The molecule has 0 saturated carbocycles. The summed E-state index contributed by atoms with van der Waals surface area (Å²) in [6.07, 6.45) is 0. The lowest BCUT2D eigenvalue weighted by atomic mass is 10.1. The highest BCUT2D eigenvalue weighted by molar-refractivity contribution is 7.91. The average Bonchev–Trinajstić information content (AvgIpc) is 3.12. The number of hydrogen-bond acceptors (Lipinski definition) is 18. The first-order valence-electron chi connectivity index (χ1n) is 15.7. The fourth-order valence-corrected chi connectivity index (χ4v) is 9.09. The van der Waals surface area contributed by atoms with Gasteiger partial charge in [0.1, 0.15) is 21.2 Å². The van der Waals surface area contributed by atoms with Crippen molar-refractivity contribution < 1.29 is 65.4 Å². The van der Waals surface area contributed by atoms with Crippen molar-refractivity contribution in [2.45, 2.75) is 19.6 Å². The lowest BCUT2D eigenvalue weighted by Gasteiger charge is -2.15. The summed E-state index contributed by atoms with van der Waals surface area (Å²) in [6.45, 7) is -0.554. The Morgan fingerprint density at radius 3 is 2.02 bits per heavy atom. The van der Waals surface area contributed by atoms with Gasteiger partial charge in [-0.15, -0.1) is 10.2 Å². The molecule has 0 fully saturated rings. The molecule has 5 aromatic carbocycles. The molecule has 1 aromatic heterocycles. The molecule has 28 heteroatoms. The van der Waals surface area contributed by atoms with Gasteiger partial charge in [0, 0.05) is 16.5 Å². The van der Waals surface area contributed by atoms with Crippen LogP contribution in [0.4, 0.5) is 34.6 Å². The maximum absolute atomic E-state index is 12.6. The topological polar surface area (TPSA) is 351 Å². The van der Waals surface area contributed by atoms with E-state index < -0.39 is 123 Å². The third-order valence-electron chi connectivity index (χ3n) is 7.93. The number of aromatic hydroxyl groups is 1. The zero-order valence-corrected chi connectivity index (χ0v) is 33.7. The van der Waals surface area contributed by atoms with Crippen LogP contribution in [0.25, 0.3) is 21.5 Å². The number of halogens is 1. The number of aromatic nitrogens is 3. The van der Waals surface area contributed by atoms with Gasteiger partial charge in [0.15, 0.2) is 15.6 Å². The molecule has 0 amide bonds. The Morgan fingerprint density at radius 2 is 1.39 bits per heavy atom. The number of nitrogens with zero attached hydrogens (tertiary/aromatic N) is 5. The number of benzene rings is 5. The Morgan fingerprint density at radius 1 is 0.729 bits per heavy atom. The molecule has 7 N–H and O–H groups in total. The van der Waals surface area contributed by atoms with Gasteiger partial charge >= 0.3 is 11.4 Å². The fourth-order valence-electron chi connectivity index (χ4n) is 5.48. The number of sulfone groups is 1. The molecule has 22 nitrogen and oxygen atoms in total. The van der Waals surface area contributed by atoms with Crippen molar-refractivity contribution in [3.8, 4) is 5.75 Å². The van der Waals surface area contributed by atoms with E-state index in [4.69, 9.17) is 16.2 Å². The molecule has 1 heterocycles. The monoisotopic (exact) mass is 929 g/mol. The zero-order valence-electron chi connectivity index (χ0n) is 28.9. The van der Waals surface area contributed by atoms with E-state index in [0.29, 0.717) is 11.5 Å². The van der Waals surface area contributed by atoms with Crippen LogP contribution < -0.4 is 10.6 Å². The van der Waals surface area contributed by atoms with Crippen LogP contribution in [0.15, 0.2) is 109 Å². The molecule has 6 aromatic rings. The van der Waals surface area contributed by atoms with E-state index in [2.05, 4.69) is 40.0 Å². The van der Waals surface area contributed by atoms with Crippen molar-refractivity contribution in [2.24, 2.45) is 10.2 Å². The lowest BCUT2D eigenvalue weighted by molar-refractivity contribution is 0.326. The lowest BCUT2D eigenvalue weighted by Crippen LogP contribution is -2.13. The van der Waals surface area contributed by atoms with Crippen molar-refractivity contribution in [2.75, 3.05) is 23.0 Å². The van der Waals surface area contributed by atoms with Gasteiger partial charge in [-0.05, 0) is 70.9 Å². The molecule has 6 rings (SSSR count). The molecule has 0 saturated heterocycles. The van der Waals surface area contributed by atoms with Crippen LogP contribution in [0.5, 0.6) is 5.75 Å². The molecular weight excluding hydrogens is 906 g/mol. The van der Waals surface area contributed by atoms with Crippen molar-refractivity contribution in [1.82, 2.24) is 15.0 Å². The number of nitrogens with one attached hydrogen (secondary N) is 2. The van der Waals surface area contributed by atoms with Gasteiger partial charge < -0.3 is 15.7 Å². The minimum atomic E-state index is -5.34. The summed E-state index contributed by atoms with van der Waals surface area (Å²) in [5, 5.41) is 23.4. The van der Waals surface area contributed by atoms with E-state index in [0.717, 1.165) is 18.2 Å². The molecule has 59 heavy (non-hydrogen) atoms. The van der Waals surface area contributed by atoms with E-state index in [1.807, 2.05) is 0 Å². The number of azo groups is 1. The van der Waals surface area contributed by atoms with Gasteiger partial charge in [0.2, 0.25) is 17.2 Å². The molecular formula is C31H24ClN7O15S5. The third kappa shape index (κ3) is 9.93. The van der Waals surface area contributed by atoms with E-state index in [-0.39, 0.29) is 21.9 Å². The Balaban J connectivity index is 1.44. The SMILES string of the molecule is O=S(O)OCCS(=O)(=O)c1ccc(Nc2nc(Cl)nc(Nc3cc(S(=O)(=O)O)cc4cc(S(=O)(=O)O)c(N=Nc5ccc6ccccc6c5S(=O)(=O)O)c(O)c34)n2)cc1.